The minimum absolute atomic E-state index is 0.0561. The lowest BCUT2D eigenvalue weighted by Crippen LogP contribution is -2.51. The number of aromatic nitrogens is 2. The van der Waals surface area contributed by atoms with Crippen LogP contribution in [0.15, 0.2) is 36.4 Å². The van der Waals surface area contributed by atoms with Crippen LogP contribution in [-0.2, 0) is 0 Å². The fourth-order valence-electron chi connectivity index (χ4n) is 2.21. The van der Waals surface area contributed by atoms with Crippen molar-refractivity contribution in [3.8, 4) is 11.3 Å². The largest absolute Gasteiger partial charge is 0.396 e. The molecule has 2 heterocycles. The maximum atomic E-state index is 12.1. The third kappa shape index (κ3) is 2.24. The van der Waals surface area contributed by atoms with E-state index in [-0.39, 0.29) is 18.4 Å². The van der Waals surface area contributed by atoms with Gasteiger partial charge in [0.2, 0.25) is 0 Å². The zero-order chi connectivity index (χ0) is 13.2. The van der Waals surface area contributed by atoms with Gasteiger partial charge in [0, 0.05) is 31.2 Å². The number of aromatic amines is 1. The first kappa shape index (κ1) is 11.9. The monoisotopic (exact) mass is 257 g/mol. The lowest BCUT2D eigenvalue weighted by atomic mass is 10.0. The maximum Gasteiger partial charge on any atom is 0.271 e. The Kier molecular flexibility index (Phi) is 3.05. The van der Waals surface area contributed by atoms with Gasteiger partial charge in [-0.1, -0.05) is 30.3 Å². The molecule has 1 saturated heterocycles. The molecule has 1 aromatic heterocycles. The normalized spacial score (nSPS) is 15.3. The van der Waals surface area contributed by atoms with Gasteiger partial charge in [0.1, 0.15) is 5.69 Å². The van der Waals surface area contributed by atoms with Crippen LogP contribution in [0.3, 0.4) is 0 Å². The summed E-state index contributed by atoms with van der Waals surface area (Å²) >= 11 is 0. The lowest BCUT2D eigenvalue weighted by molar-refractivity contribution is 0.0356. The molecule has 0 aliphatic carbocycles. The first-order valence-corrected chi connectivity index (χ1v) is 6.29. The van der Waals surface area contributed by atoms with Crippen LogP contribution in [0, 0.1) is 5.92 Å². The van der Waals surface area contributed by atoms with Crippen LogP contribution in [0.1, 0.15) is 10.5 Å². The van der Waals surface area contributed by atoms with E-state index >= 15 is 0 Å². The zero-order valence-corrected chi connectivity index (χ0v) is 10.4. The summed E-state index contributed by atoms with van der Waals surface area (Å²) in [6.45, 7) is 1.38. The quantitative estimate of drug-likeness (QED) is 0.866. The van der Waals surface area contributed by atoms with Gasteiger partial charge < -0.3 is 10.0 Å². The molecule has 0 saturated carbocycles. The average molecular weight is 257 g/mol. The van der Waals surface area contributed by atoms with Gasteiger partial charge in [0.05, 0.1) is 5.69 Å². The van der Waals surface area contributed by atoms with Crippen molar-refractivity contribution in [1.29, 1.82) is 0 Å². The van der Waals surface area contributed by atoms with Crippen molar-refractivity contribution >= 4 is 5.91 Å². The van der Waals surface area contributed by atoms with E-state index in [4.69, 9.17) is 5.11 Å². The van der Waals surface area contributed by atoms with Gasteiger partial charge >= 0.3 is 0 Å². The molecule has 1 aromatic carbocycles. The van der Waals surface area contributed by atoms with Crippen LogP contribution in [0.2, 0.25) is 0 Å². The molecule has 5 heteroatoms. The molecule has 2 N–H and O–H groups in total. The molecule has 3 rings (SSSR count). The lowest BCUT2D eigenvalue weighted by Gasteiger charge is -2.37. The predicted octanol–water partition coefficient (Wildman–Crippen LogP) is 1.14. The maximum absolute atomic E-state index is 12.1. The Hall–Kier alpha value is -2.14. The van der Waals surface area contributed by atoms with Crippen molar-refractivity contribution in [2.75, 3.05) is 19.7 Å². The fraction of sp³-hybridized carbons (Fsp3) is 0.286. The van der Waals surface area contributed by atoms with E-state index in [1.165, 1.54) is 0 Å². The summed E-state index contributed by atoms with van der Waals surface area (Å²) in [4.78, 5) is 13.8. The number of benzene rings is 1. The number of nitrogens with one attached hydrogen (secondary N) is 1. The van der Waals surface area contributed by atoms with Gasteiger partial charge in [-0.2, -0.15) is 5.10 Å². The van der Waals surface area contributed by atoms with E-state index in [9.17, 15) is 4.79 Å². The number of hydrogen-bond acceptors (Lipinski definition) is 3. The Morgan fingerprint density at radius 2 is 2.11 bits per heavy atom. The average Bonchev–Trinajstić information content (AvgIpc) is 2.88. The highest BCUT2D eigenvalue weighted by molar-refractivity contribution is 5.93. The van der Waals surface area contributed by atoms with Crippen LogP contribution in [0.5, 0.6) is 0 Å². The van der Waals surface area contributed by atoms with Crippen molar-refractivity contribution in [2.24, 2.45) is 5.92 Å². The number of H-pyrrole nitrogens is 1. The molecule has 98 valence electrons. The van der Waals surface area contributed by atoms with Crippen LogP contribution in [0.25, 0.3) is 11.3 Å². The van der Waals surface area contributed by atoms with E-state index in [2.05, 4.69) is 10.2 Å². The first-order chi connectivity index (χ1) is 9.28. The molecule has 2 aromatic rings. The molecule has 0 bridgehead atoms. The van der Waals surface area contributed by atoms with Crippen molar-refractivity contribution in [3.63, 3.8) is 0 Å². The summed E-state index contributed by atoms with van der Waals surface area (Å²) in [7, 11) is 0. The number of nitrogens with zero attached hydrogens (tertiary/aromatic N) is 2. The topological polar surface area (TPSA) is 69.2 Å². The van der Waals surface area contributed by atoms with Crippen molar-refractivity contribution in [1.82, 2.24) is 15.1 Å². The second-order valence-corrected chi connectivity index (χ2v) is 4.79. The van der Waals surface area contributed by atoms with Gasteiger partial charge in [-0.15, -0.1) is 0 Å². The predicted molar refractivity (Wildman–Crippen MR) is 70.5 cm³/mol. The number of amides is 1. The second kappa shape index (κ2) is 4.85. The van der Waals surface area contributed by atoms with Crippen LogP contribution < -0.4 is 0 Å². The summed E-state index contributed by atoms with van der Waals surface area (Å²) in [5.41, 5.74) is 2.24. The molecule has 0 atom stereocenters. The smallest absolute Gasteiger partial charge is 0.271 e. The minimum atomic E-state index is -0.0561. The van der Waals surface area contributed by atoms with Crippen LogP contribution >= 0.6 is 0 Å². The first-order valence-electron chi connectivity index (χ1n) is 6.29. The highest BCUT2D eigenvalue weighted by atomic mass is 16.3. The van der Waals surface area contributed by atoms with Gasteiger partial charge in [0.15, 0.2) is 0 Å². The Balaban J connectivity index is 1.73. The SMILES string of the molecule is O=C(c1cc(-c2ccccc2)n[nH]1)N1CC(CO)C1. The third-order valence-electron chi connectivity index (χ3n) is 3.38. The Labute approximate surface area is 110 Å². The van der Waals surface area contributed by atoms with Crippen LogP contribution in [0.4, 0.5) is 0 Å². The minimum Gasteiger partial charge on any atom is -0.396 e. The summed E-state index contributed by atoms with van der Waals surface area (Å²) in [5.74, 6) is 0.167. The van der Waals surface area contributed by atoms with Crippen molar-refractivity contribution < 1.29 is 9.90 Å². The number of rotatable bonds is 3. The van der Waals surface area contributed by atoms with Gasteiger partial charge in [0.25, 0.3) is 5.91 Å². The van der Waals surface area contributed by atoms with E-state index in [0.717, 1.165) is 11.3 Å². The molecule has 0 radical (unpaired) electrons. The summed E-state index contributed by atoms with van der Waals surface area (Å²) in [6.07, 6.45) is 0. The number of likely N-dealkylation sites (tertiary alicyclic amines) is 1. The molecular formula is C14H15N3O2. The highest BCUT2D eigenvalue weighted by Crippen LogP contribution is 2.21. The Morgan fingerprint density at radius 3 is 2.79 bits per heavy atom. The van der Waals surface area contributed by atoms with E-state index in [0.29, 0.717) is 18.8 Å². The molecule has 0 spiro atoms. The summed E-state index contributed by atoms with van der Waals surface area (Å²) in [6, 6.07) is 11.5. The van der Waals surface area contributed by atoms with Gasteiger partial charge in [-0.25, -0.2) is 0 Å². The molecule has 19 heavy (non-hydrogen) atoms. The molecule has 1 aliphatic rings. The van der Waals surface area contributed by atoms with E-state index < -0.39 is 0 Å². The van der Waals surface area contributed by atoms with E-state index in [1.807, 2.05) is 30.3 Å². The fourth-order valence-corrected chi connectivity index (χ4v) is 2.21. The number of aliphatic hydroxyl groups excluding tert-OH is 1. The standard InChI is InChI=1S/C14H15N3O2/c18-9-10-7-17(8-10)14(19)13-6-12(15-16-13)11-4-2-1-3-5-11/h1-6,10,18H,7-9H2,(H,15,16). The molecule has 0 unspecified atom stereocenters. The number of aliphatic hydroxyl groups is 1. The molecule has 5 nitrogen and oxygen atoms in total. The third-order valence-corrected chi connectivity index (χ3v) is 3.38. The second-order valence-electron chi connectivity index (χ2n) is 4.79. The van der Waals surface area contributed by atoms with Crippen molar-refractivity contribution in [3.05, 3.63) is 42.1 Å². The number of carbonyl (C=O) groups is 1. The highest BCUT2D eigenvalue weighted by Gasteiger charge is 2.31. The molecule has 1 fully saturated rings. The summed E-state index contributed by atoms with van der Waals surface area (Å²) < 4.78 is 0. The molecular weight excluding hydrogens is 242 g/mol. The van der Waals surface area contributed by atoms with Gasteiger partial charge in [-0.05, 0) is 6.07 Å². The van der Waals surface area contributed by atoms with Crippen LogP contribution in [-0.4, -0.2) is 45.8 Å². The Morgan fingerprint density at radius 1 is 1.37 bits per heavy atom. The number of hydrogen-bond donors (Lipinski definition) is 2. The summed E-state index contributed by atoms with van der Waals surface area (Å²) in [5, 5.41) is 15.9. The van der Waals surface area contributed by atoms with Gasteiger partial charge in [-0.3, -0.25) is 9.89 Å². The molecule has 1 aliphatic heterocycles. The zero-order valence-electron chi connectivity index (χ0n) is 10.4. The van der Waals surface area contributed by atoms with E-state index in [1.54, 1.807) is 11.0 Å². The Bertz CT molecular complexity index is 573. The number of carbonyl (C=O) groups excluding carboxylic acids is 1. The van der Waals surface area contributed by atoms with Crippen molar-refractivity contribution in [2.45, 2.75) is 0 Å². The molecule has 1 amide bonds.